The fourth-order valence-corrected chi connectivity index (χ4v) is 4.03. The lowest BCUT2D eigenvalue weighted by Crippen LogP contribution is -2.41. The number of rotatable bonds is 6. The number of amides is 1. The van der Waals surface area contributed by atoms with Crippen molar-refractivity contribution in [1.29, 1.82) is 0 Å². The maximum absolute atomic E-state index is 12.6. The van der Waals surface area contributed by atoms with Gasteiger partial charge in [0.1, 0.15) is 6.61 Å². The molecule has 0 bridgehead atoms. The molecule has 0 heterocycles. The van der Waals surface area contributed by atoms with E-state index in [0.29, 0.717) is 5.56 Å². The second-order valence-corrected chi connectivity index (χ2v) is 7.33. The van der Waals surface area contributed by atoms with Crippen LogP contribution in [0, 0.1) is 0 Å². The Bertz CT molecular complexity index is 1040. The Morgan fingerprint density at radius 1 is 0.903 bits per heavy atom. The van der Waals surface area contributed by atoms with E-state index < -0.39 is 24.2 Å². The molecule has 0 spiro atoms. The highest BCUT2D eigenvalue weighted by molar-refractivity contribution is 5.79. The van der Waals surface area contributed by atoms with Crippen LogP contribution in [0.5, 0.6) is 0 Å². The van der Waals surface area contributed by atoms with Gasteiger partial charge in [-0.05, 0) is 27.8 Å². The lowest BCUT2D eigenvalue weighted by atomic mass is 9.98. The minimum absolute atomic E-state index is 0.0844. The van der Waals surface area contributed by atoms with Gasteiger partial charge in [-0.15, -0.1) is 0 Å². The number of ether oxygens (including phenoxy) is 2. The maximum Gasteiger partial charge on any atom is 0.407 e. The number of hydrogen-bond donors (Lipinski definition) is 2. The first kappa shape index (κ1) is 20.6. The van der Waals surface area contributed by atoms with Gasteiger partial charge >= 0.3 is 12.1 Å². The van der Waals surface area contributed by atoms with E-state index in [4.69, 9.17) is 4.74 Å². The molecule has 1 aliphatic carbocycles. The van der Waals surface area contributed by atoms with Crippen LogP contribution in [0.2, 0.25) is 0 Å². The Kier molecular flexibility index (Phi) is 6.00. The molecule has 2 N–H and O–H groups in total. The number of nitrogens with one attached hydrogen (secondary N) is 1. The highest BCUT2D eigenvalue weighted by Crippen LogP contribution is 2.44. The molecule has 0 saturated heterocycles. The van der Waals surface area contributed by atoms with Gasteiger partial charge in [0.25, 0.3) is 0 Å². The average Bonchev–Trinajstić information content (AvgIpc) is 3.14. The van der Waals surface area contributed by atoms with E-state index in [2.05, 4.69) is 22.2 Å². The molecular formula is C25H23NO5. The van der Waals surface area contributed by atoms with Gasteiger partial charge < -0.3 is 19.9 Å². The van der Waals surface area contributed by atoms with Crippen molar-refractivity contribution in [3.05, 3.63) is 95.6 Å². The van der Waals surface area contributed by atoms with Crippen molar-refractivity contribution < 1.29 is 24.2 Å². The predicted molar refractivity (Wildman–Crippen MR) is 115 cm³/mol. The SMILES string of the molecule is COC(=O)C(O)C(NC(=O)OCC1c2ccccc2-c2ccccc21)c1ccccc1. The highest BCUT2D eigenvalue weighted by Gasteiger charge is 2.32. The Hall–Kier alpha value is -3.64. The molecule has 1 amide bonds. The van der Waals surface area contributed by atoms with Crippen LogP contribution in [0.25, 0.3) is 11.1 Å². The summed E-state index contributed by atoms with van der Waals surface area (Å²) in [5, 5.41) is 13.0. The van der Waals surface area contributed by atoms with E-state index in [1.807, 2.05) is 36.4 Å². The summed E-state index contributed by atoms with van der Waals surface area (Å²) in [5.41, 5.74) is 5.04. The van der Waals surface area contributed by atoms with Gasteiger partial charge in [0, 0.05) is 5.92 Å². The second-order valence-electron chi connectivity index (χ2n) is 7.33. The molecule has 158 valence electrons. The molecule has 3 aromatic carbocycles. The molecule has 6 heteroatoms. The molecule has 0 aliphatic heterocycles. The summed E-state index contributed by atoms with van der Waals surface area (Å²) in [7, 11) is 1.18. The third-order valence-corrected chi connectivity index (χ3v) is 5.53. The molecule has 0 radical (unpaired) electrons. The zero-order valence-electron chi connectivity index (χ0n) is 17.0. The summed E-state index contributed by atoms with van der Waals surface area (Å²) in [5.74, 6) is -0.924. The number of methoxy groups -OCH3 is 1. The van der Waals surface area contributed by atoms with Crippen molar-refractivity contribution in [2.45, 2.75) is 18.1 Å². The maximum atomic E-state index is 12.6. The van der Waals surface area contributed by atoms with Crippen LogP contribution in [0.1, 0.15) is 28.7 Å². The zero-order valence-corrected chi connectivity index (χ0v) is 17.0. The first-order valence-electron chi connectivity index (χ1n) is 10.0. The number of benzene rings is 3. The van der Waals surface area contributed by atoms with Crippen molar-refractivity contribution in [2.24, 2.45) is 0 Å². The van der Waals surface area contributed by atoms with E-state index in [0.717, 1.165) is 22.3 Å². The lowest BCUT2D eigenvalue weighted by Gasteiger charge is -2.23. The lowest BCUT2D eigenvalue weighted by molar-refractivity contribution is -0.152. The summed E-state index contributed by atoms with van der Waals surface area (Å²) < 4.78 is 10.2. The van der Waals surface area contributed by atoms with Crippen molar-refractivity contribution in [3.8, 4) is 11.1 Å². The Labute approximate surface area is 180 Å². The first-order chi connectivity index (χ1) is 15.1. The monoisotopic (exact) mass is 417 g/mol. The first-order valence-corrected chi connectivity index (χ1v) is 10.0. The molecule has 0 saturated carbocycles. The Balaban J connectivity index is 1.50. The minimum Gasteiger partial charge on any atom is -0.467 e. The zero-order chi connectivity index (χ0) is 21.8. The van der Waals surface area contributed by atoms with Crippen LogP contribution in [0.3, 0.4) is 0 Å². The fourth-order valence-electron chi connectivity index (χ4n) is 4.03. The van der Waals surface area contributed by atoms with E-state index >= 15 is 0 Å². The van der Waals surface area contributed by atoms with Gasteiger partial charge in [-0.2, -0.15) is 0 Å². The quantitative estimate of drug-likeness (QED) is 0.596. The standard InChI is InChI=1S/C25H23NO5/c1-30-24(28)23(27)22(16-9-3-2-4-10-16)26-25(29)31-15-21-19-13-7-5-11-17(19)18-12-6-8-14-20(18)21/h2-14,21-23,27H,15H2,1H3,(H,26,29). The van der Waals surface area contributed by atoms with Gasteiger partial charge in [0.05, 0.1) is 13.2 Å². The molecule has 0 fully saturated rings. The number of hydrogen-bond acceptors (Lipinski definition) is 5. The molecule has 3 aromatic rings. The number of aliphatic hydroxyl groups is 1. The molecule has 1 aliphatic rings. The van der Waals surface area contributed by atoms with Crippen LogP contribution >= 0.6 is 0 Å². The fraction of sp³-hybridized carbons (Fsp3) is 0.200. The van der Waals surface area contributed by atoms with Crippen LogP contribution in [-0.2, 0) is 14.3 Å². The number of carbonyl (C=O) groups excluding carboxylic acids is 2. The summed E-state index contributed by atoms with van der Waals surface area (Å²) in [6.07, 6.45) is -2.29. The summed E-state index contributed by atoms with van der Waals surface area (Å²) in [4.78, 5) is 24.5. The second kappa shape index (κ2) is 9.02. The van der Waals surface area contributed by atoms with E-state index in [1.54, 1.807) is 30.3 Å². The van der Waals surface area contributed by atoms with Gasteiger partial charge in [-0.3, -0.25) is 0 Å². The Morgan fingerprint density at radius 3 is 2.03 bits per heavy atom. The average molecular weight is 417 g/mol. The number of alkyl carbamates (subject to hydrolysis) is 1. The smallest absolute Gasteiger partial charge is 0.407 e. The van der Waals surface area contributed by atoms with Gasteiger partial charge in [-0.25, -0.2) is 9.59 Å². The summed E-state index contributed by atoms with van der Waals surface area (Å²) in [6, 6.07) is 23.9. The largest absolute Gasteiger partial charge is 0.467 e. The van der Waals surface area contributed by atoms with E-state index in [9.17, 15) is 14.7 Å². The molecular weight excluding hydrogens is 394 g/mol. The summed E-state index contributed by atoms with van der Waals surface area (Å²) >= 11 is 0. The van der Waals surface area contributed by atoms with E-state index in [1.165, 1.54) is 7.11 Å². The van der Waals surface area contributed by atoms with Crippen LogP contribution in [0.4, 0.5) is 4.79 Å². The van der Waals surface area contributed by atoms with Crippen molar-refractivity contribution in [3.63, 3.8) is 0 Å². The third kappa shape index (κ3) is 4.15. The van der Waals surface area contributed by atoms with Gasteiger partial charge in [0.15, 0.2) is 6.10 Å². The molecule has 0 aromatic heterocycles. The van der Waals surface area contributed by atoms with Crippen LogP contribution in [0.15, 0.2) is 78.9 Å². The van der Waals surface area contributed by atoms with Gasteiger partial charge in [-0.1, -0.05) is 78.9 Å². The van der Waals surface area contributed by atoms with Crippen LogP contribution in [-0.4, -0.2) is 37.0 Å². The highest BCUT2D eigenvalue weighted by atomic mass is 16.6. The molecule has 4 rings (SSSR count). The predicted octanol–water partition coefficient (Wildman–Crippen LogP) is 3.80. The molecule has 2 unspecified atom stereocenters. The Morgan fingerprint density at radius 2 is 1.45 bits per heavy atom. The van der Waals surface area contributed by atoms with Crippen LogP contribution < -0.4 is 5.32 Å². The normalized spacial score (nSPS) is 14.1. The van der Waals surface area contributed by atoms with Crippen molar-refractivity contribution >= 4 is 12.1 Å². The summed E-state index contributed by atoms with van der Waals surface area (Å²) in [6.45, 7) is 0.135. The van der Waals surface area contributed by atoms with Gasteiger partial charge in [0.2, 0.25) is 0 Å². The van der Waals surface area contributed by atoms with Crippen molar-refractivity contribution in [2.75, 3.05) is 13.7 Å². The molecule has 2 atom stereocenters. The molecule has 31 heavy (non-hydrogen) atoms. The minimum atomic E-state index is -1.56. The topological polar surface area (TPSA) is 84.9 Å². The number of aliphatic hydroxyl groups excluding tert-OH is 1. The number of esters is 1. The molecule has 6 nitrogen and oxygen atoms in total. The third-order valence-electron chi connectivity index (χ3n) is 5.53. The number of carbonyl (C=O) groups is 2. The number of fused-ring (bicyclic) bond motifs is 3. The van der Waals surface area contributed by atoms with E-state index in [-0.39, 0.29) is 12.5 Å². The van der Waals surface area contributed by atoms with Crippen molar-refractivity contribution in [1.82, 2.24) is 5.32 Å².